The van der Waals surface area contributed by atoms with Crippen LogP contribution in [-0.2, 0) is 6.42 Å². The molecule has 16 heavy (non-hydrogen) atoms. The minimum absolute atomic E-state index is 0.0694. The van der Waals surface area contributed by atoms with E-state index in [4.69, 9.17) is 0 Å². The lowest BCUT2D eigenvalue weighted by Crippen LogP contribution is -2.44. The van der Waals surface area contributed by atoms with Gasteiger partial charge in [0.05, 0.1) is 0 Å². The van der Waals surface area contributed by atoms with Crippen molar-refractivity contribution < 1.29 is 4.79 Å². The van der Waals surface area contributed by atoms with E-state index in [1.807, 2.05) is 23.1 Å². The molecule has 0 unspecified atom stereocenters. The smallest absolute Gasteiger partial charge is 0.322 e. The summed E-state index contributed by atoms with van der Waals surface area (Å²) in [6.45, 7) is 2.10. The number of urea groups is 1. The lowest BCUT2D eigenvalue weighted by atomic mass is 10.1. The molecule has 0 bridgehead atoms. The summed E-state index contributed by atoms with van der Waals surface area (Å²) in [4.78, 5) is 14.0. The first-order valence-electron chi connectivity index (χ1n) is 5.93. The third-order valence-corrected chi connectivity index (χ3v) is 3.33. The zero-order valence-corrected chi connectivity index (χ0v) is 9.44. The molecule has 0 aromatic heterocycles. The molecule has 2 aliphatic rings. The molecule has 3 heteroatoms. The highest BCUT2D eigenvalue weighted by Gasteiger charge is 2.33. The normalized spacial score (nSPS) is 23.1. The van der Waals surface area contributed by atoms with Gasteiger partial charge in [-0.1, -0.05) is 18.2 Å². The largest absolute Gasteiger partial charge is 0.335 e. The fraction of sp³-hybridized carbons (Fsp3) is 0.462. The molecule has 0 saturated heterocycles. The maximum atomic E-state index is 12.1. The number of nitrogens with one attached hydrogen (secondary N) is 1. The van der Waals surface area contributed by atoms with Crippen molar-refractivity contribution in [1.82, 2.24) is 5.32 Å². The van der Waals surface area contributed by atoms with Crippen LogP contribution in [0.3, 0.4) is 0 Å². The van der Waals surface area contributed by atoms with E-state index >= 15 is 0 Å². The van der Waals surface area contributed by atoms with Crippen molar-refractivity contribution in [1.29, 1.82) is 0 Å². The van der Waals surface area contributed by atoms with Gasteiger partial charge in [0.1, 0.15) is 0 Å². The molecule has 3 nitrogen and oxygen atoms in total. The molecular formula is C13H16N2O. The number of benzene rings is 1. The second-order valence-electron chi connectivity index (χ2n) is 4.78. The molecule has 1 N–H and O–H groups in total. The van der Waals surface area contributed by atoms with Crippen LogP contribution in [0.4, 0.5) is 10.5 Å². The van der Waals surface area contributed by atoms with Crippen LogP contribution in [0.5, 0.6) is 0 Å². The Labute approximate surface area is 95.4 Å². The summed E-state index contributed by atoms with van der Waals surface area (Å²) in [5.41, 5.74) is 2.36. The Balaban J connectivity index is 1.85. The summed E-state index contributed by atoms with van der Waals surface area (Å²) in [7, 11) is 0. The number of anilines is 1. The van der Waals surface area contributed by atoms with Gasteiger partial charge in [-0.2, -0.15) is 0 Å². The second kappa shape index (κ2) is 3.51. The second-order valence-corrected chi connectivity index (χ2v) is 4.78. The average Bonchev–Trinajstić information content (AvgIpc) is 2.98. The predicted octanol–water partition coefficient (Wildman–Crippen LogP) is 2.31. The van der Waals surface area contributed by atoms with Gasteiger partial charge < -0.3 is 5.32 Å². The van der Waals surface area contributed by atoms with Crippen molar-refractivity contribution in [2.75, 3.05) is 4.90 Å². The lowest BCUT2D eigenvalue weighted by Gasteiger charge is -2.23. The number of carbonyl (C=O) groups excluding carboxylic acids is 1. The van der Waals surface area contributed by atoms with E-state index in [1.54, 1.807) is 0 Å². The molecule has 1 aliphatic carbocycles. The van der Waals surface area contributed by atoms with Gasteiger partial charge in [-0.3, -0.25) is 4.90 Å². The third-order valence-electron chi connectivity index (χ3n) is 3.33. The maximum absolute atomic E-state index is 12.1. The van der Waals surface area contributed by atoms with Gasteiger partial charge in [-0.15, -0.1) is 0 Å². The number of rotatable bonds is 1. The SMILES string of the molecule is C[C@@H]1Cc2ccccc2N1C(=O)NC1CC1. The molecule has 1 atom stereocenters. The Bertz CT molecular complexity index is 426. The highest BCUT2D eigenvalue weighted by atomic mass is 16.2. The van der Waals surface area contributed by atoms with Crippen molar-refractivity contribution in [2.24, 2.45) is 0 Å². The predicted molar refractivity (Wildman–Crippen MR) is 63.6 cm³/mol. The number of amides is 2. The minimum atomic E-state index is 0.0694. The Morgan fingerprint density at radius 1 is 1.38 bits per heavy atom. The van der Waals surface area contributed by atoms with Gasteiger partial charge in [0.15, 0.2) is 0 Å². The highest BCUT2D eigenvalue weighted by Crippen LogP contribution is 2.32. The van der Waals surface area contributed by atoms with Crippen LogP contribution >= 0.6 is 0 Å². The van der Waals surface area contributed by atoms with Crippen molar-refractivity contribution >= 4 is 11.7 Å². The Kier molecular flexibility index (Phi) is 2.13. The Morgan fingerprint density at radius 2 is 2.12 bits per heavy atom. The number of nitrogens with zero attached hydrogens (tertiary/aromatic N) is 1. The number of hydrogen-bond donors (Lipinski definition) is 1. The summed E-state index contributed by atoms with van der Waals surface area (Å²) in [6, 6.07) is 8.94. The lowest BCUT2D eigenvalue weighted by molar-refractivity contribution is 0.244. The van der Waals surface area contributed by atoms with Crippen molar-refractivity contribution in [3.63, 3.8) is 0 Å². The highest BCUT2D eigenvalue weighted by molar-refractivity contribution is 5.95. The van der Waals surface area contributed by atoms with E-state index in [9.17, 15) is 4.79 Å². The van der Waals surface area contributed by atoms with Gasteiger partial charge in [-0.25, -0.2) is 4.79 Å². The molecule has 1 aliphatic heterocycles. The number of hydrogen-bond acceptors (Lipinski definition) is 1. The summed E-state index contributed by atoms with van der Waals surface area (Å²) in [5, 5.41) is 3.05. The van der Waals surface area contributed by atoms with Gasteiger partial charge in [0, 0.05) is 17.8 Å². The minimum Gasteiger partial charge on any atom is -0.335 e. The fourth-order valence-corrected chi connectivity index (χ4v) is 2.35. The van der Waals surface area contributed by atoms with Crippen molar-refractivity contribution in [2.45, 2.75) is 38.3 Å². The third kappa shape index (κ3) is 1.56. The summed E-state index contributed by atoms with van der Waals surface area (Å²) in [6.07, 6.45) is 3.24. The zero-order chi connectivity index (χ0) is 11.1. The van der Waals surface area contributed by atoms with Gasteiger partial charge in [0.2, 0.25) is 0 Å². The van der Waals surface area contributed by atoms with Crippen molar-refractivity contribution in [3.05, 3.63) is 29.8 Å². The number of carbonyl (C=O) groups is 1. The topological polar surface area (TPSA) is 32.3 Å². The van der Waals surface area contributed by atoms with E-state index in [0.717, 1.165) is 24.9 Å². The van der Waals surface area contributed by atoms with E-state index in [-0.39, 0.29) is 12.1 Å². The number of fused-ring (bicyclic) bond motifs is 1. The monoisotopic (exact) mass is 216 g/mol. The molecular weight excluding hydrogens is 200 g/mol. The molecule has 3 rings (SSSR count). The van der Waals surface area contributed by atoms with Crippen LogP contribution in [0.15, 0.2) is 24.3 Å². The first-order valence-corrected chi connectivity index (χ1v) is 5.93. The van der Waals surface area contributed by atoms with Crippen LogP contribution in [0, 0.1) is 0 Å². The molecule has 2 amide bonds. The Hall–Kier alpha value is -1.51. The van der Waals surface area contributed by atoms with Crippen LogP contribution in [0.1, 0.15) is 25.3 Å². The van der Waals surface area contributed by atoms with Crippen LogP contribution in [0.25, 0.3) is 0 Å². The molecule has 1 aromatic carbocycles. The molecule has 1 aromatic rings. The molecule has 84 valence electrons. The van der Waals surface area contributed by atoms with Crippen LogP contribution < -0.4 is 10.2 Å². The van der Waals surface area contributed by atoms with E-state index in [1.165, 1.54) is 5.56 Å². The zero-order valence-electron chi connectivity index (χ0n) is 9.44. The first-order chi connectivity index (χ1) is 7.75. The molecule has 0 spiro atoms. The standard InChI is InChI=1S/C13H16N2O/c1-9-8-10-4-2-3-5-12(10)15(9)13(16)14-11-6-7-11/h2-5,9,11H,6-8H2,1H3,(H,14,16)/t9-/m1/s1. The molecule has 1 heterocycles. The number of para-hydroxylation sites is 1. The quantitative estimate of drug-likeness (QED) is 0.767. The Morgan fingerprint density at radius 3 is 2.88 bits per heavy atom. The van der Waals surface area contributed by atoms with E-state index < -0.39 is 0 Å². The van der Waals surface area contributed by atoms with Gasteiger partial charge in [0.25, 0.3) is 0 Å². The molecule has 1 saturated carbocycles. The van der Waals surface area contributed by atoms with Crippen molar-refractivity contribution in [3.8, 4) is 0 Å². The fourth-order valence-electron chi connectivity index (χ4n) is 2.35. The molecule has 1 fully saturated rings. The van der Waals surface area contributed by atoms with E-state index in [2.05, 4.69) is 18.3 Å². The summed E-state index contributed by atoms with van der Waals surface area (Å²) in [5.74, 6) is 0. The van der Waals surface area contributed by atoms with Crippen LogP contribution in [0.2, 0.25) is 0 Å². The molecule has 0 radical (unpaired) electrons. The van der Waals surface area contributed by atoms with Gasteiger partial charge >= 0.3 is 6.03 Å². The summed E-state index contributed by atoms with van der Waals surface area (Å²) < 4.78 is 0. The first kappa shape index (κ1) is 9.70. The maximum Gasteiger partial charge on any atom is 0.322 e. The van der Waals surface area contributed by atoms with Gasteiger partial charge in [-0.05, 0) is 37.8 Å². The van der Waals surface area contributed by atoms with Crippen LogP contribution in [-0.4, -0.2) is 18.1 Å². The summed E-state index contributed by atoms with van der Waals surface area (Å²) >= 11 is 0. The average molecular weight is 216 g/mol. The van der Waals surface area contributed by atoms with E-state index in [0.29, 0.717) is 6.04 Å².